The maximum atomic E-state index is 12.8. The normalized spacial score (nSPS) is 18.6. The predicted molar refractivity (Wildman–Crippen MR) is 83.8 cm³/mol. The zero-order valence-corrected chi connectivity index (χ0v) is 13.9. The largest absolute Gasteiger partial charge is 0.459 e. The summed E-state index contributed by atoms with van der Waals surface area (Å²) >= 11 is 3.44. The second-order valence-electron chi connectivity index (χ2n) is 6.34. The van der Waals surface area contributed by atoms with E-state index in [1.807, 2.05) is 45.0 Å². The van der Waals surface area contributed by atoms with Gasteiger partial charge in [-0.2, -0.15) is 0 Å². The summed E-state index contributed by atoms with van der Waals surface area (Å²) in [5.74, 6) is -0.103. The van der Waals surface area contributed by atoms with Crippen molar-refractivity contribution in [2.24, 2.45) is 0 Å². The molecular formula is C16H22BrNO2. The van der Waals surface area contributed by atoms with Crippen LogP contribution in [-0.4, -0.2) is 24.7 Å². The van der Waals surface area contributed by atoms with Crippen LogP contribution in [0.2, 0.25) is 0 Å². The number of nitrogens with one attached hydrogen (secondary N) is 1. The minimum Gasteiger partial charge on any atom is -0.459 e. The van der Waals surface area contributed by atoms with E-state index in [9.17, 15) is 4.79 Å². The molecule has 0 saturated carbocycles. The van der Waals surface area contributed by atoms with E-state index in [1.165, 1.54) is 0 Å². The third-order valence-electron chi connectivity index (χ3n) is 3.64. The van der Waals surface area contributed by atoms with E-state index in [0.717, 1.165) is 36.0 Å². The zero-order valence-electron chi connectivity index (χ0n) is 12.3. The van der Waals surface area contributed by atoms with Gasteiger partial charge in [0.15, 0.2) is 0 Å². The molecule has 1 aliphatic rings. The number of hydrogen-bond donors (Lipinski definition) is 1. The number of piperidine rings is 1. The van der Waals surface area contributed by atoms with E-state index in [1.54, 1.807) is 0 Å². The van der Waals surface area contributed by atoms with Gasteiger partial charge in [0, 0.05) is 4.47 Å². The molecule has 4 heteroatoms. The summed E-state index contributed by atoms with van der Waals surface area (Å²) in [6, 6.07) is 8.03. The molecule has 0 bridgehead atoms. The van der Waals surface area contributed by atoms with Gasteiger partial charge >= 0.3 is 5.97 Å². The van der Waals surface area contributed by atoms with Gasteiger partial charge in [0.25, 0.3) is 0 Å². The Bertz CT molecular complexity index is 470. The molecule has 110 valence electrons. The van der Waals surface area contributed by atoms with Crippen molar-refractivity contribution >= 4 is 21.9 Å². The number of hydrogen-bond acceptors (Lipinski definition) is 3. The summed E-state index contributed by atoms with van der Waals surface area (Å²) in [5, 5.41) is 3.32. The Morgan fingerprint density at radius 1 is 1.20 bits per heavy atom. The highest BCUT2D eigenvalue weighted by molar-refractivity contribution is 9.10. The topological polar surface area (TPSA) is 38.3 Å². The second-order valence-corrected chi connectivity index (χ2v) is 7.26. The predicted octanol–water partition coefficient (Wildman–Crippen LogP) is 3.41. The molecule has 1 fully saturated rings. The van der Waals surface area contributed by atoms with Crippen LogP contribution >= 0.6 is 15.9 Å². The third kappa shape index (κ3) is 3.41. The number of esters is 1. The summed E-state index contributed by atoms with van der Waals surface area (Å²) in [4.78, 5) is 12.8. The lowest BCUT2D eigenvalue weighted by molar-refractivity contribution is -0.163. The molecule has 1 aliphatic heterocycles. The lowest BCUT2D eigenvalue weighted by Crippen LogP contribution is -2.48. The molecule has 0 unspecified atom stereocenters. The summed E-state index contributed by atoms with van der Waals surface area (Å²) in [5.41, 5.74) is 0.0836. The monoisotopic (exact) mass is 339 g/mol. The zero-order chi connectivity index (χ0) is 14.8. The molecule has 1 aromatic carbocycles. The highest BCUT2D eigenvalue weighted by atomic mass is 79.9. The molecule has 1 saturated heterocycles. The number of rotatable bonds is 2. The second kappa shape index (κ2) is 5.86. The Morgan fingerprint density at radius 3 is 2.25 bits per heavy atom. The number of carbonyl (C=O) groups is 1. The van der Waals surface area contributed by atoms with Crippen molar-refractivity contribution in [1.82, 2.24) is 5.32 Å². The van der Waals surface area contributed by atoms with Crippen LogP contribution in [0.4, 0.5) is 0 Å². The fourth-order valence-electron chi connectivity index (χ4n) is 2.61. The fraction of sp³-hybridized carbons (Fsp3) is 0.562. The van der Waals surface area contributed by atoms with E-state index in [-0.39, 0.29) is 5.97 Å². The summed E-state index contributed by atoms with van der Waals surface area (Å²) in [6.45, 7) is 7.44. The van der Waals surface area contributed by atoms with Crippen molar-refractivity contribution in [3.63, 3.8) is 0 Å². The molecule has 0 aromatic heterocycles. The highest BCUT2D eigenvalue weighted by Gasteiger charge is 2.43. The average Bonchev–Trinajstić information content (AvgIpc) is 2.38. The van der Waals surface area contributed by atoms with Crippen LogP contribution in [0.1, 0.15) is 39.2 Å². The Morgan fingerprint density at radius 2 is 1.75 bits per heavy atom. The van der Waals surface area contributed by atoms with Crippen LogP contribution in [0.3, 0.4) is 0 Å². The van der Waals surface area contributed by atoms with Gasteiger partial charge in [0.2, 0.25) is 0 Å². The van der Waals surface area contributed by atoms with Crippen molar-refractivity contribution in [3.05, 3.63) is 34.3 Å². The van der Waals surface area contributed by atoms with E-state index in [4.69, 9.17) is 4.74 Å². The third-order valence-corrected chi connectivity index (χ3v) is 4.17. The molecular weight excluding hydrogens is 318 g/mol. The molecule has 0 spiro atoms. The van der Waals surface area contributed by atoms with E-state index >= 15 is 0 Å². The molecule has 0 radical (unpaired) electrons. The summed E-state index contributed by atoms with van der Waals surface area (Å²) in [6.07, 6.45) is 1.56. The van der Waals surface area contributed by atoms with Gasteiger partial charge < -0.3 is 10.1 Å². The van der Waals surface area contributed by atoms with Crippen LogP contribution in [0.15, 0.2) is 28.7 Å². The van der Waals surface area contributed by atoms with Gasteiger partial charge in [0.1, 0.15) is 5.60 Å². The Balaban J connectivity index is 2.35. The quantitative estimate of drug-likeness (QED) is 0.839. The van der Waals surface area contributed by atoms with Gasteiger partial charge in [-0.1, -0.05) is 28.1 Å². The van der Waals surface area contributed by atoms with Crippen LogP contribution in [0.5, 0.6) is 0 Å². The van der Waals surface area contributed by atoms with Crippen molar-refractivity contribution in [3.8, 4) is 0 Å². The first-order chi connectivity index (χ1) is 9.33. The first-order valence-electron chi connectivity index (χ1n) is 7.04. The van der Waals surface area contributed by atoms with Gasteiger partial charge in [-0.25, -0.2) is 0 Å². The molecule has 3 nitrogen and oxygen atoms in total. The fourth-order valence-corrected chi connectivity index (χ4v) is 2.87. The van der Waals surface area contributed by atoms with Crippen LogP contribution < -0.4 is 5.32 Å². The van der Waals surface area contributed by atoms with E-state index in [0.29, 0.717) is 0 Å². The smallest absolute Gasteiger partial charge is 0.317 e. The Kier molecular flexibility index (Phi) is 4.55. The van der Waals surface area contributed by atoms with Crippen LogP contribution in [0, 0.1) is 0 Å². The molecule has 0 aliphatic carbocycles. The molecule has 2 rings (SSSR count). The Hall–Kier alpha value is -0.870. The van der Waals surface area contributed by atoms with Crippen molar-refractivity contribution in [2.45, 2.75) is 44.6 Å². The Labute approximate surface area is 129 Å². The van der Waals surface area contributed by atoms with Gasteiger partial charge in [0.05, 0.1) is 5.41 Å². The number of benzene rings is 1. The molecule has 20 heavy (non-hydrogen) atoms. The maximum absolute atomic E-state index is 12.8. The molecule has 1 aromatic rings. The van der Waals surface area contributed by atoms with Crippen LogP contribution in [-0.2, 0) is 14.9 Å². The highest BCUT2D eigenvalue weighted by Crippen LogP contribution is 2.36. The average molecular weight is 340 g/mol. The first-order valence-corrected chi connectivity index (χ1v) is 7.83. The molecule has 0 atom stereocenters. The molecule has 1 heterocycles. The molecule has 1 N–H and O–H groups in total. The van der Waals surface area contributed by atoms with Gasteiger partial charge in [-0.3, -0.25) is 4.79 Å². The lowest BCUT2D eigenvalue weighted by Gasteiger charge is -2.38. The lowest BCUT2D eigenvalue weighted by atomic mass is 9.73. The summed E-state index contributed by atoms with van der Waals surface area (Å²) < 4.78 is 6.71. The van der Waals surface area contributed by atoms with Crippen molar-refractivity contribution in [2.75, 3.05) is 13.1 Å². The number of ether oxygens (including phenoxy) is 1. The van der Waals surface area contributed by atoms with E-state index < -0.39 is 11.0 Å². The van der Waals surface area contributed by atoms with Crippen LogP contribution in [0.25, 0.3) is 0 Å². The summed E-state index contributed by atoms with van der Waals surface area (Å²) in [7, 11) is 0. The van der Waals surface area contributed by atoms with E-state index in [2.05, 4.69) is 21.2 Å². The van der Waals surface area contributed by atoms with Crippen molar-refractivity contribution < 1.29 is 9.53 Å². The standard InChI is InChI=1S/C16H22BrNO2/c1-15(2,3)20-14(19)16(8-10-18-11-9-16)12-4-6-13(17)7-5-12/h4-7,18H,8-11H2,1-3H3. The maximum Gasteiger partial charge on any atom is 0.317 e. The molecule has 0 amide bonds. The van der Waals surface area contributed by atoms with Crippen molar-refractivity contribution in [1.29, 1.82) is 0 Å². The number of halogens is 1. The first kappa shape index (κ1) is 15.5. The van der Waals surface area contributed by atoms with Gasteiger partial charge in [-0.15, -0.1) is 0 Å². The SMILES string of the molecule is CC(C)(C)OC(=O)C1(c2ccc(Br)cc2)CCNCC1. The van der Waals surface area contributed by atoms with Gasteiger partial charge in [-0.05, 0) is 64.4 Å². The minimum atomic E-state index is -0.515. The minimum absolute atomic E-state index is 0.103. The number of carbonyl (C=O) groups excluding carboxylic acids is 1.